The molecule has 0 bridgehead atoms. The van der Waals surface area contributed by atoms with E-state index in [2.05, 4.69) is 25.7 Å². The van der Waals surface area contributed by atoms with Crippen LogP contribution in [0.2, 0.25) is 0 Å². The molecule has 1 fully saturated rings. The third-order valence-corrected chi connectivity index (χ3v) is 8.78. The Hall–Kier alpha value is -4.56. The van der Waals surface area contributed by atoms with Crippen molar-refractivity contribution in [3.8, 4) is 16.3 Å². The first-order valence-corrected chi connectivity index (χ1v) is 15.3. The predicted molar refractivity (Wildman–Crippen MR) is 169 cm³/mol. The molecule has 2 aliphatic heterocycles. The fourth-order valence-electron chi connectivity index (χ4n) is 5.49. The van der Waals surface area contributed by atoms with E-state index in [0.29, 0.717) is 59.5 Å². The number of carbonyl (C=O) groups excluding carboxylic acids is 2. The van der Waals surface area contributed by atoms with Gasteiger partial charge in [-0.1, -0.05) is 23.5 Å². The molecule has 2 aromatic heterocycles. The zero-order valence-corrected chi connectivity index (χ0v) is 25.2. The first-order chi connectivity index (χ1) is 21.2. The average molecular weight is 621 g/mol. The molecule has 4 aromatic rings. The number of hydrogen-bond acceptors (Lipinski definition) is 10. The summed E-state index contributed by atoms with van der Waals surface area (Å²) in [4.78, 5) is 42.7. The van der Waals surface area contributed by atoms with Crippen molar-refractivity contribution in [2.24, 2.45) is 0 Å². The largest absolute Gasteiger partial charge is 0.487 e. The minimum Gasteiger partial charge on any atom is -0.487 e. The molecule has 0 saturated carbocycles. The molecule has 6 rings (SSSR count). The second-order valence-corrected chi connectivity index (χ2v) is 12.1. The van der Waals surface area contributed by atoms with Gasteiger partial charge in [0.05, 0.1) is 33.9 Å². The van der Waals surface area contributed by atoms with Crippen molar-refractivity contribution in [3.63, 3.8) is 0 Å². The maximum absolute atomic E-state index is 15.7. The van der Waals surface area contributed by atoms with Gasteiger partial charge in [0.2, 0.25) is 16.9 Å². The molecular formula is C30H33FN8O4S. The third kappa shape index (κ3) is 5.82. The number of nitrogens with zero attached hydrogens (tertiary/aromatic N) is 5. The number of nitrogen functional groups attached to an aromatic ring is 1. The fraction of sp³-hybridized carbons (Fsp3) is 0.367. The van der Waals surface area contributed by atoms with E-state index in [9.17, 15) is 14.4 Å². The molecule has 2 aromatic carbocycles. The van der Waals surface area contributed by atoms with E-state index in [4.69, 9.17) is 10.5 Å². The van der Waals surface area contributed by atoms with Gasteiger partial charge in [0, 0.05) is 45.2 Å². The zero-order chi connectivity index (χ0) is 31.0. The van der Waals surface area contributed by atoms with Crippen LogP contribution in [-0.4, -0.2) is 71.3 Å². The van der Waals surface area contributed by atoms with Gasteiger partial charge >= 0.3 is 0 Å². The highest BCUT2D eigenvalue weighted by Gasteiger charge is 2.31. The Labute approximate surface area is 256 Å². The fourth-order valence-corrected chi connectivity index (χ4v) is 6.25. The molecule has 44 heavy (non-hydrogen) atoms. The van der Waals surface area contributed by atoms with Crippen LogP contribution in [0.1, 0.15) is 32.2 Å². The quantitative estimate of drug-likeness (QED) is 0.251. The Morgan fingerprint density at radius 3 is 2.59 bits per heavy atom. The number of nitrogens with one attached hydrogen (secondary N) is 2. The molecule has 4 heterocycles. The molecule has 2 aliphatic rings. The summed E-state index contributed by atoms with van der Waals surface area (Å²) in [5.74, 6) is -0.695. The minimum absolute atomic E-state index is 0.0879. The highest BCUT2D eigenvalue weighted by atomic mass is 32.1. The van der Waals surface area contributed by atoms with Crippen LogP contribution in [0.5, 0.6) is 5.75 Å². The highest BCUT2D eigenvalue weighted by Crippen LogP contribution is 2.43. The van der Waals surface area contributed by atoms with Gasteiger partial charge in [0.25, 0.3) is 0 Å². The van der Waals surface area contributed by atoms with E-state index < -0.39 is 11.2 Å². The van der Waals surface area contributed by atoms with Crippen LogP contribution in [-0.2, 0) is 9.59 Å². The Morgan fingerprint density at radius 2 is 1.84 bits per heavy atom. The summed E-state index contributed by atoms with van der Waals surface area (Å²) < 4.78 is 23.7. The summed E-state index contributed by atoms with van der Waals surface area (Å²) in [5.41, 5.74) is 7.66. The average Bonchev–Trinajstić information content (AvgIpc) is 3.45. The lowest BCUT2D eigenvalue weighted by Gasteiger charge is -2.37. The normalized spacial score (nSPS) is 16.5. The summed E-state index contributed by atoms with van der Waals surface area (Å²) in [6, 6.07) is 8.13. The van der Waals surface area contributed by atoms with Crippen molar-refractivity contribution in [2.45, 2.75) is 32.2 Å². The van der Waals surface area contributed by atoms with Crippen LogP contribution in [0.4, 0.5) is 26.6 Å². The molecule has 230 valence electrons. The number of nitrogens with two attached hydrogens (primary N) is 1. The molecular weight excluding hydrogens is 587 g/mol. The Bertz CT molecular complexity index is 1800. The standard InChI is InChI=1S/C30H33FN8O4S/c1-17-16-43-28-25-18(14-20(31)26(28)38-12-10-37(2)11-13-38)27(42)19(15-39(17)25)29-35-36-30(44-29)34-24(41)9-5-8-23(40)33-22-7-4-3-6-21(22)32/h3-4,6-7,14-15,17H,5,8-13,16,32H2,1-2H3,(H,33,40)(H,34,36,41)/t17-/m0/s1. The van der Waals surface area contributed by atoms with Gasteiger partial charge in [-0.15, -0.1) is 10.2 Å². The predicted octanol–water partition coefficient (Wildman–Crippen LogP) is 3.69. The number of rotatable bonds is 8. The van der Waals surface area contributed by atoms with E-state index >= 15 is 4.39 Å². The molecule has 1 saturated heterocycles. The van der Waals surface area contributed by atoms with Crippen LogP contribution in [0.25, 0.3) is 21.5 Å². The Kier molecular flexibility index (Phi) is 8.19. The monoisotopic (exact) mass is 620 g/mol. The molecule has 14 heteroatoms. The van der Waals surface area contributed by atoms with Crippen LogP contribution < -0.4 is 31.4 Å². The van der Waals surface area contributed by atoms with Crippen LogP contribution >= 0.6 is 11.3 Å². The van der Waals surface area contributed by atoms with Gasteiger partial charge in [-0.3, -0.25) is 14.4 Å². The first-order valence-electron chi connectivity index (χ1n) is 14.5. The number of halogens is 1. The molecule has 0 spiro atoms. The lowest BCUT2D eigenvalue weighted by molar-refractivity contribution is -0.117. The first kappa shape index (κ1) is 29.5. The van der Waals surface area contributed by atoms with Gasteiger partial charge in [-0.2, -0.15) is 0 Å². The van der Waals surface area contributed by atoms with Crippen LogP contribution in [0.3, 0.4) is 0 Å². The maximum Gasteiger partial charge on any atom is 0.226 e. The van der Waals surface area contributed by atoms with E-state index in [1.807, 2.05) is 23.4 Å². The number of likely N-dealkylation sites (N-methyl/N-ethyl adjacent to an activating group) is 1. The summed E-state index contributed by atoms with van der Waals surface area (Å²) in [7, 11) is 2.03. The van der Waals surface area contributed by atoms with Crippen molar-refractivity contribution in [1.82, 2.24) is 19.7 Å². The number of pyridine rings is 1. The van der Waals surface area contributed by atoms with E-state index in [0.717, 1.165) is 24.4 Å². The van der Waals surface area contributed by atoms with Crippen LogP contribution in [0.15, 0.2) is 41.3 Å². The summed E-state index contributed by atoms with van der Waals surface area (Å²) in [6.07, 6.45) is 2.26. The number of hydrogen-bond donors (Lipinski definition) is 3. The maximum atomic E-state index is 15.7. The number of para-hydroxylation sites is 2. The van der Waals surface area contributed by atoms with Crippen molar-refractivity contribution in [2.75, 3.05) is 61.1 Å². The van der Waals surface area contributed by atoms with Gasteiger partial charge in [-0.05, 0) is 38.6 Å². The molecule has 0 aliphatic carbocycles. The smallest absolute Gasteiger partial charge is 0.226 e. The van der Waals surface area contributed by atoms with Gasteiger partial charge < -0.3 is 35.5 Å². The number of ether oxygens (including phenoxy) is 1. The molecule has 0 radical (unpaired) electrons. The number of amides is 2. The Morgan fingerprint density at radius 1 is 1.11 bits per heavy atom. The third-order valence-electron chi connectivity index (χ3n) is 7.91. The van der Waals surface area contributed by atoms with E-state index in [1.165, 1.54) is 6.07 Å². The topological polar surface area (TPSA) is 148 Å². The number of piperazine rings is 1. The Balaban J connectivity index is 1.18. The molecule has 4 N–H and O–H groups in total. The van der Waals surface area contributed by atoms with E-state index in [-0.39, 0.29) is 46.8 Å². The number of aromatic nitrogens is 3. The second-order valence-electron chi connectivity index (χ2n) is 11.1. The lowest BCUT2D eigenvalue weighted by Crippen LogP contribution is -2.45. The van der Waals surface area contributed by atoms with E-state index in [1.54, 1.807) is 30.5 Å². The number of benzene rings is 2. The zero-order valence-electron chi connectivity index (χ0n) is 24.4. The van der Waals surface area contributed by atoms with Gasteiger partial charge in [-0.25, -0.2) is 4.39 Å². The van der Waals surface area contributed by atoms with Crippen molar-refractivity contribution in [3.05, 3.63) is 52.6 Å². The SMILES string of the molecule is C[C@H]1COc2c(N3CCN(C)CC3)c(F)cc3c(=O)c(-c4nnc(NC(=O)CCCC(=O)Nc5ccccc5N)s4)cn1c23. The lowest BCUT2D eigenvalue weighted by atomic mass is 10.1. The summed E-state index contributed by atoms with van der Waals surface area (Å²) in [6.45, 7) is 5.20. The van der Waals surface area contributed by atoms with Gasteiger partial charge in [0.15, 0.2) is 22.0 Å². The number of carbonyl (C=O) groups is 2. The summed E-state index contributed by atoms with van der Waals surface area (Å²) in [5, 5.41) is 14.4. The van der Waals surface area contributed by atoms with Crippen molar-refractivity contribution >= 4 is 56.2 Å². The molecule has 1 atom stereocenters. The molecule has 12 nitrogen and oxygen atoms in total. The molecule has 0 unspecified atom stereocenters. The van der Waals surface area contributed by atoms with Gasteiger partial charge in [0.1, 0.15) is 12.3 Å². The minimum atomic E-state index is -0.501. The van der Waals surface area contributed by atoms with Crippen LogP contribution in [0, 0.1) is 5.82 Å². The number of anilines is 4. The summed E-state index contributed by atoms with van der Waals surface area (Å²) >= 11 is 1.05. The molecule has 2 amide bonds. The van der Waals surface area contributed by atoms with Crippen molar-refractivity contribution < 1.29 is 18.7 Å². The van der Waals surface area contributed by atoms with Crippen molar-refractivity contribution in [1.29, 1.82) is 0 Å². The highest BCUT2D eigenvalue weighted by molar-refractivity contribution is 7.18. The second kappa shape index (κ2) is 12.2.